The number of benzene rings is 2. The molecule has 3 aliphatic heterocycles. The fraction of sp³-hybridized carbons (Fsp3) is 0.241. The van der Waals surface area contributed by atoms with Crippen LogP contribution in [-0.2, 0) is 22.6 Å². The Morgan fingerprint density at radius 1 is 0.974 bits per heavy atom. The number of hydrogen-bond donors (Lipinski definition) is 0. The van der Waals surface area contributed by atoms with Crippen molar-refractivity contribution >= 4 is 28.9 Å². The van der Waals surface area contributed by atoms with Gasteiger partial charge in [0, 0.05) is 46.6 Å². The molecule has 0 N–H and O–H groups in total. The Kier molecular flexibility index (Phi) is 4.82. The largest absolute Gasteiger partial charge is 0.461 e. The van der Waals surface area contributed by atoms with E-state index >= 15 is 0 Å². The lowest BCUT2D eigenvalue weighted by molar-refractivity contribution is -0.145. The minimum absolute atomic E-state index is 0.0442. The van der Waals surface area contributed by atoms with Gasteiger partial charge >= 0.3 is 5.97 Å². The van der Waals surface area contributed by atoms with E-state index in [1.54, 1.807) is 16.8 Å². The first-order chi connectivity index (χ1) is 19.0. The van der Waals surface area contributed by atoms with Gasteiger partial charge in [0.05, 0.1) is 18.2 Å². The van der Waals surface area contributed by atoms with Gasteiger partial charge < -0.3 is 9.30 Å². The molecular weight excluding hydrogens is 516 g/mol. The number of allylic oxidation sites excluding steroid dienone is 1. The predicted molar refractivity (Wildman–Crippen MR) is 144 cm³/mol. The first-order valence-electron chi connectivity index (χ1n) is 12.9. The average Bonchev–Trinajstić information content (AvgIpc) is 3.28. The number of carbonyl (C=O) groups is 1. The molecule has 5 heterocycles. The molecule has 0 radical (unpaired) electrons. The molecule has 0 amide bonds. The molecule has 2 aromatic heterocycles. The molecule has 1 saturated carbocycles. The third-order valence-corrected chi connectivity index (χ3v) is 8.50. The van der Waals surface area contributed by atoms with Crippen LogP contribution in [0.25, 0.3) is 22.4 Å². The highest BCUT2D eigenvalue weighted by Crippen LogP contribution is 2.60. The Balaban J connectivity index is 1.11. The lowest BCUT2D eigenvalue weighted by atomic mass is 9.94. The van der Waals surface area contributed by atoms with Gasteiger partial charge in [-0.05, 0) is 80.9 Å². The van der Waals surface area contributed by atoms with Crippen LogP contribution >= 0.6 is 11.6 Å². The molecule has 10 heteroatoms. The van der Waals surface area contributed by atoms with Crippen molar-refractivity contribution in [3.05, 3.63) is 98.8 Å². The number of nitrogens with zero attached hydrogens (tertiary/aromatic N) is 6. The maximum atomic E-state index is 13.6. The molecule has 0 saturated heterocycles. The quantitative estimate of drug-likeness (QED) is 0.360. The molecule has 9 nitrogen and oxygen atoms in total. The Labute approximate surface area is 227 Å². The van der Waals surface area contributed by atoms with Crippen LogP contribution < -0.4 is 5.56 Å². The van der Waals surface area contributed by atoms with Crippen molar-refractivity contribution in [3.8, 4) is 16.8 Å². The highest BCUT2D eigenvalue weighted by Gasteiger charge is 2.54. The molecule has 3 atom stereocenters. The summed E-state index contributed by atoms with van der Waals surface area (Å²) in [5.41, 5.74) is 8.63. The van der Waals surface area contributed by atoms with Crippen LogP contribution in [0.1, 0.15) is 47.2 Å². The number of cyclic esters (lactones) is 1. The van der Waals surface area contributed by atoms with Crippen molar-refractivity contribution in [2.45, 2.75) is 37.8 Å². The topological polar surface area (TPSA) is 104 Å². The van der Waals surface area contributed by atoms with Crippen LogP contribution in [0.15, 0.2) is 70.8 Å². The van der Waals surface area contributed by atoms with E-state index in [1.807, 2.05) is 29.0 Å². The van der Waals surface area contributed by atoms with Gasteiger partial charge in [0.1, 0.15) is 12.9 Å². The normalized spacial score (nSPS) is 22.5. The summed E-state index contributed by atoms with van der Waals surface area (Å²) >= 11 is 6.35. The third-order valence-electron chi connectivity index (χ3n) is 8.27. The second-order valence-corrected chi connectivity index (χ2v) is 11.0. The molecule has 2 aromatic carbocycles. The molecule has 4 aromatic rings. The summed E-state index contributed by atoms with van der Waals surface area (Å²) < 4.78 is 8.74. The van der Waals surface area contributed by atoms with E-state index in [1.165, 1.54) is 6.33 Å². The van der Waals surface area contributed by atoms with E-state index in [-0.39, 0.29) is 17.6 Å². The van der Waals surface area contributed by atoms with Crippen LogP contribution in [-0.4, -0.2) is 36.5 Å². The van der Waals surface area contributed by atoms with E-state index in [9.17, 15) is 9.59 Å². The van der Waals surface area contributed by atoms with Crippen LogP contribution in [0.5, 0.6) is 0 Å². The highest BCUT2D eigenvalue weighted by molar-refractivity contribution is 6.31. The SMILES string of the molecule is O=C1Cc2ccc(C3=CN=C([C@@H]4[C@H]5C[C@H]5c5cc(-c6cc(Cl)ccc6-n6cnnn6)cc(=O)n54)C3)cc2CO1. The molecule has 4 aliphatic rings. The minimum Gasteiger partial charge on any atom is -0.461 e. The van der Waals surface area contributed by atoms with Crippen molar-refractivity contribution in [1.29, 1.82) is 0 Å². The fourth-order valence-electron chi connectivity index (χ4n) is 6.34. The highest BCUT2D eigenvalue weighted by atomic mass is 35.5. The summed E-state index contributed by atoms with van der Waals surface area (Å²) in [5, 5.41) is 12.1. The van der Waals surface area contributed by atoms with E-state index < -0.39 is 0 Å². The number of rotatable bonds is 4. The van der Waals surface area contributed by atoms with Crippen LogP contribution in [0.4, 0.5) is 0 Å². The first-order valence-corrected chi connectivity index (χ1v) is 13.2. The zero-order chi connectivity index (χ0) is 26.2. The maximum absolute atomic E-state index is 13.6. The average molecular weight is 537 g/mol. The van der Waals surface area contributed by atoms with Gasteiger partial charge in [0.2, 0.25) is 0 Å². The first kappa shape index (κ1) is 22.6. The summed E-state index contributed by atoms with van der Waals surface area (Å²) in [6, 6.07) is 15.4. The Bertz CT molecular complexity index is 1820. The number of fused-ring (bicyclic) bond motifs is 4. The molecule has 0 spiro atoms. The second kappa shape index (κ2) is 8.31. The fourth-order valence-corrected chi connectivity index (χ4v) is 6.52. The van der Waals surface area contributed by atoms with Gasteiger partial charge in [-0.2, -0.15) is 4.68 Å². The monoisotopic (exact) mass is 536 g/mol. The number of pyridine rings is 1. The summed E-state index contributed by atoms with van der Waals surface area (Å²) in [6.07, 6.45) is 5.50. The number of hydrogen-bond acceptors (Lipinski definition) is 7. The predicted octanol–water partition coefficient (Wildman–Crippen LogP) is 4.29. The van der Waals surface area contributed by atoms with Gasteiger partial charge in [-0.25, -0.2) is 0 Å². The summed E-state index contributed by atoms with van der Waals surface area (Å²) in [4.78, 5) is 30.1. The second-order valence-electron chi connectivity index (χ2n) is 10.5. The zero-order valence-electron chi connectivity index (χ0n) is 20.6. The van der Waals surface area contributed by atoms with Gasteiger partial charge in [-0.3, -0.25) is 14.6 Å². The number of tetrazole rings is 1. The number of aliphatic imine (C=N–C) groups is 1. The van der Waals surface area contributed by atoms with Gasteiger partial charge in [-0.1, -0.05) is 23.7 Å². The summed E-state index contributed by atoms with van der Waals surface area (Å²) in [6.45, 7) is 0.308. The smallest absolute Gasteiger partial charge is 0.310 e. The maximum Gasteiger partial charge on any atom is 0.310 e. The molecule has 8 rings (SSSR count). The van der Waals surface area contributed by atoms with Crippen molar-refractivity contribution in [2.24, 2.45) is 10.9 Å². The zero-order valence-corrected chi connectivity index (χ0v) is 21.4. The third kappa shape index (κ3) is 3.60. The van der Waals surface area contributed by atoms with Gasteiger partial charge in [-0.15, -0.1) is 5.10 Å². The standard InChI is InChI=1S/C29H21ClN6O3/c30-20-3-4-25(35-14-32-33-34-35)21(10-20)17-7-26-22-11-23(22)29(36(26)27(37)8-17)24-6-18(12-31-24)15-1-2-16-9-28(38)39-13-19(16)5-15/h1-5,7-8,10,12,14,22-23,29H,6,9,11,13H2/t22-,23+,29+/m1/s1. The number of carbonyl (C=O) groups excluding carboxylic acids is 1. The van der Waals surface area contributed by atoms with Crippen molar-refractivity contribution in [1.82, 2.24) is 24.8 Å². The molecule has 0 bridgehead atoms. The minimum atomic E-state index is -0.185. The van der Waals surface area contributed by atoms with Crippen LogP contribution in [0.3, 0.4) is 0 Å². The van der Waals surface area contributed by atoms with E-state index in [2.05, 4.69) is 33.7 Å². The van der Waals surface area contributed by atoms with Crippen molar-refractivity contribution < 1.29 is 9.53 Å². The number of halogens is 1. The van der Waals surface area contributed by atoms with Gasteiger partial charge in [0.25, 0.3) is 5.56 Å². The summed E-state index contributed by atoms with van der Waals surface area (Å²) in [7, 11) is 0. The molecule has 0 unspecified atom stereocenters. The number of esters is 1. The van der Waals surface area contributed by atoms with Gasteiger partial charge in [0.15, 0.2) is 0 Å². The van der Waals surface area contributed by atoms with E-state index in [0.29, 0.717) is 36.3 Å². The summed E-state index contributed by atoms with van der Waals surface area (Å²) in [5.74, 6) is 0.527. The van der Waals surface area contributed by atoms with Crippen molar-refractivity contribution in [3.63, 3.8) is 0 Å². The molecule has 1 aliphatic carbocycles. The Morgan fingerprint density at radius 3 is 2.77 bits per heavy atom. The van der Waals surface area contributed by atoms with E-state index in [0.717, 1.165) is 56.9 Å². The molecule has 1 fully saturated rings. The van der Waals surface area contributed by atoms with Crippen molar-refractivity contribution in [2.75, 3.05) is 0 Å². The lowest BCUT2D eigenvalue weighted by Gasteiger charge is -2.20. The van der Waals surface area contributed by atoms with E-state index in [4.69, 9.17) is 21.3 Å². The molecule has 39 heavy (non-hydrogen) atoms. The number of aromatic nitrogens is 5. The lowest BCUT2D eigenvalue weighted by Crippen LogP contribution is -2.29. The van der Waals surface area contributed by atoms with Crippen LogP contribution in [0.2, 0.25) is 5.02 Å². The molecule has 192 valence electrons. The van der Waals surface area contributed by atoms with Crippen LogP contribution in [0, 0.1) is 5.92 Å². The Morgan fingerprint density at radius 2 is 1.90 bits per heavy atom. The Hall–Kier alpha value is -4.37. The molecular formula is C29H21ClN6O3. The number of ether oxygens (including phenoxy) is 1.